The molecule has 5 nitrogen and oxygen atoms in total. The van der Waals surface area contributed by atoms with Gasteiger partial charge in [-0.05, 0) is 24.1 Å². The Kier molecular flexibility index (Phi) is 4.68. The van der Waals surface area contributed by atoms with Gasteiger partial charge in [-0.2, -0.15) is 0 Å². The second-order valence-electron chi connectivity index (χ2n) is 5.39. The molecular formula is C18H19N3O2. The Bertz CT molecular complexity index is 783. The number of amides is 1. The van der Waals surface area contributed by atoms with Crippen molar-refractivity contribution >= 4 is 11.4 Å². The van der Waals surface area contributed by atoms with E-state index < -0.39 is 0 Å². The number of hydrogen-bond acceptors (Lipinski definition) is 3. The number of aliphatic hydroxyl groups is 1. The van der Waals surface area contributed by atoms with Gasteiger partial charge in [0.2, 0.25) is 0 Å². The standard InChI is InChI=1S/C18H19N3O2/c22-11-10-20(8-6-15-4-2-1-3-5-15)18(23)16-7-9-21-14-19-13-17(21)12-16/h1-5,7,9,12-14,22H,6,8,10-11H2. The number of carbonyl (C=O) groups is 1. The van der Waals surface area contributed by atoms with Crippen molar-refractivity contribution in [2.24, 2.45) is 0 Å². The van der Waals surface area contributed by atoms with E-state index in [-0.39, 0.29) is 12.5 Å². The number of hydrogen-bond donors (Lipinski definition) is 1. The molecule has 1 amide bonds. The Balaban J connectivity index is 1.74. The summed E-state index contributed by atoms with van der Waals surface area (Å²) in [6.45, 7) is 0.861. The van der Waals surface area contributed by atoms with Crippen LogP contribution in [0.5, 0.6) is 0 Å². The number of rotatable bonds is 6. The Morgan fingerprint density at radius 3 is 2.78 bits per heavy atom. The number of nitrogens with zero attached hydrogens (tertiary/aromatic N) is 3. The quantitative estimate of drug-likeness (QED) is 0.758. The molecule has 5 heteroatoms. The molecule has 0 bridgehead atoms. The van der Waals surface area contributed by atoms with E-state index >= 15 is 0 Å². The number of benzene rings is 1. The molecule has 0 atom stereocenters. The molecule has 0 saturated heterocycles. The molecule has 0 aliphatic heterocycles. The van der Waals surface area contributed by atoms with Gasteiger partial charge in [0.15, 0.2) is 0 Å². The topological polar surface area (TPSA) is 57.8 Å². The molecule has 0 saturated carbocycles. The molecule has 0 aliphatic rings. The van der Waals surface area contributed by atoms with Crippen LogP contribution in [0.4, 0.5) is 0 Å². The highest BCUT2D eigenvalue weighted by molar-refractivity contribution is 5.95. The van der Waals surface area contributed by atoms with Crippen LogP contribution in [0, 0.1) is 0 Å². The van der Waals surface area contributed by atoms with Gasteiger partial charge in [0.05, 0.1) is 24.6 Å². The molecule has 0 radical (unpaired) electrons. The summed E-state index contributed by atoms with van der Waals surface area (Å²) < 4.78 is 1.86. The third-order valence-electron chi connectivity index (χ3n) is 3.83. The van der Waals surface area contributed by atoms with Crippen molar-refractivity contribution in [3.05, 3.63) is 72.3 Å². The SMILES string of the molecule is O=C(c1ccn2cncc2c1)N(CCO)CCc1ccccc1. The van der Waals surface area contributed by atoms with Crippen LogP contribution >= 0.6 is 0 Å². The third-order valence-corrected chi connectivity index (χ3v) is 3.83. The Hall–Kier alpha value is -2.66. The predicted molar refractivity (Wildman–Crippen MR) is 88.3 cm³/mol. The predicted octanol–water partition coefficient (Wildman–Crippen LogP) is 2.01. The van der Waals surface area contributed by atoms with Gasteiger partial charge in [-0.25, -0.2) is 4.98 Å². The Morgan fingerprint density at radius 1 is 1.17 bits per heavy atom. The summed E-state index contributed by atoms with van der Waals surface area (Å²) >= 11 is 0. The van der Waals surface area contributed by atoms with Gasteiger partial charge in [0.25, 0.3) is 5.91 Å². The van der Waals surface area contributed by atoms with Crippen LogP contribution in [0.25, 0.3) is 5.52 Å². The van der Waals surface area contributed by atoms with Crippen molar-refractivity contribution in [2.45, 2.75) is 6.42 Å². The van der Waals surface area contributed by atoms with Crippen LogP contribution in [-0.2, 0) is 6.42 Å². The van der Waals surface area contributed by atoms with E-state index in [4.69, 9.17) is 0 Å². The highest BCUT2D eigenvalue weighted by Crippen LogP contribution is 2.11. The van der Waals surface area contributed by atoms with Crippen molar-refractivity contribution < 1.29 is 9.90 Å². The van der Waals surface area contributed by atoms with Crippen LogP contribution in [0.2, 0.25) is 0 Å². The lowest BCUT2D eigenvalue weighted by molar-refractivity contribution is 0.0724. The highest BCUT2D eigenvalue weighted by atomic mass is 16.3. The zero-order valence-electron chi connectivity index (χ0n) is 12.8. The molecule has 1 N–H and O–H groups in total. The number of carbonyl (C=O) groups excluding carboxylic acids is 1. The van der Waals surface area contributed by atoms with Crippen LogP contribution < -0.4 is 0 Å². The summed E-state index contributed by atoms with van der Waals surface area (Å²) in [7, 11) is 0. The second-order valence-corrected chi connectivity index (χ2v) is 5.39. The Morgan fingerprint density at radius 2 is 2.00 bits per heavy atom. The smallest absolute Gasteiger partial charge is 0.254 e. The first-order valence-corrected chi connectivity index (χ1v) is 7.64. The molecule has 0 unspecified atom stereocenters. The van der Waals surface area contributed by atoms with Gasteiger partial charge in [-0.1, -0.05) is 30.3 Å². The fraction of sp³-hybridized carbons (Fsp3) is 0.222. The third kappa shape index (κ3) is 3.57. The van der Waals surface area contributed by atoms with Crippen LogP contribution in [0.3, 0.4) is 0 Å². The number of fused-ring (bicyclic) bond motifs is 1. The molecule has 0 fully saturated rings. The van der Waals surface area contributed by atoms with E-state index in [0.29, 0.717) is 18.7 Å². The second kappa shape index (κ2) is 7.07. The molecule has 2 aromatic heterocycles. The molecule has 0 spiro atoms. The summed E-state index contributed by atoms with van der Waals surface area (Å²) in [4.78, 5) is 18.5. The van der Waals surface area contributed by atoms with Gasteiger partial charge in [0, 0.05) is 24.8 Å². The summed E-state index contributed by atoms with van der Waals surface area (Å²) in [5.41, 5.74) is 2.66. The molecule has 118 valence electrons. The average molecular weight is 309 g/mol. The van der Waals surface area contributed by atoms with Crippen LogP contribution in [-0.4, -0.2) is 45.0 Å². The van der Waals surface area contributed by atoms with Crippen molar-refractivity contribution in [1.82, 2.24) is 14.3 Å². The maximum Gasteiger partial charge on any atom is 0.254 e. The van der Waals surface area contributed by atoms with Gasteiger partial charge in [-0.3, -0.25) is 4.79 Å². The van der Waals surface area contributed by atoms with Crippen LogP contribution in [0.15, 0.2) is 61.2 Å². The summed E-state index contributed by atoms with van der Waals surface area (Å²) in [6.07, 6.45) is 6.01. The average Bonchev–Trinajstić information content (AvgIpc) is 3.06. The van der Waals surface area contributed by atoms with Crippen molar-refractivity contribution in [3.8, 4) is 0 Å². The van der Waals surface area contributed by atoms with Crippen molar-refractivity contribution in [3.63, 3.8) is 0 Å². The maximum absolute atomic E-state index is 12.7. The van der Waals surface area contributed by atoms with E-state index in [1.807, 2.05) is 47.0 Å². The minimum atomic E-state index is -0.0707. The number of aliphatic hydroxyl groups excluding tert-OH is 1. The number of aromatic nitrogens is 2. The van der Waals surface area contributed by atoms with E-state index in [2.05, 4.69) is 4.98 Å². The lowest BCUT2D eigenvalue weighted by Crippen LogP contribution is -2.35. The van der Waals surface area contributed by atoms with Gasteiger partial charge in [0.1, 0.15) is 0 Å². The molecular weight excluding hydrogens is 290 g/mol. The van der Waals surface area contributed by atoms with Gasteiger partial charge >= 0.3 is 0 Å². The first-order valence-electron chi connectivity index (χ1n) is 7.64. The molecule has 3 rings (SSSR count). The normalized spacial score (nSPS) is 10.8. The van der Waals surface area contributed by atoms with Gasteiger partial charge in [-0.15, -0.1) is 0 Å². The van der Waals surface area contributed by atoms with E-state index in [1.165, 1.54) is 5.56 Å². The first-order chi connectivity index (χ1) is 11.3. The van der Waals surface area contributed by atoms with E-state index in [1.54, 1.807) is 23.5 Å². The summed E-state index contributed by atoms with van der Waals surface area (Å²) in [6, 6.07) is 13.6. The molecule has 1 aromatic carbocycles. The lowest BCUT2D eigenvalue weighted by Gasteiger charge is -2.22. The minimum Gasteiger partial charge on any atom is -0.395 e. The zero-order valence-corrected chi connectivity index (χ0v) is 12.8. The number of imidazole rings is 1. The van der Waals surface area contributed by atoms with Crippen molar-refractivity contribution in [1.29, 1.82) is 0 Å². The fourth-order valence-electron chi connectivity index (χ4n) is 2.58. The maximum atomic E-state index is 12.7. The van der Waals surface area contributed by atoms with Crippen LogP contribution in [0.1, 0.15) is 15.9 Å². The van der Waals surface area contributed by atoms with E-state index in [9.17, 15) is 9.90 Å². The molecule has 3 aromatic rings. The van der Waals surface area contributed by atoms with Gasteiger partial charge < -0.3 is 14.4 Å². The first kappa shape index (κ1) is 15.2. The van der Waals surface area contributed by atoms with E-state index in [0.717, 1.165) is 11.9 Å². The Labute approximate surface area is 134 Å². The van der Waals surface area contributed by atoms with Crippen molar-refractivity contribution in [2.75, 3.05) is 19.7 Å². The summed E-state index contributed by atoms with van der Waals surface area (Å²) in [5, 5.41) is 9.26. The highest BCUT2D eigenvalue weighted by Gasteiger charge is 2.15. The fourth-order valence-corrected chi connectivity index (χ4v) is 2.58. The molecule has 2 heterocycles. The monoisotopic (exact) mass is 309 g/mol. The zero-order chi connectivity index (χ0) is 16.1. The number of pyridine rings is 1. The summed E-state index contributed by atoms with van der Waals surface area (Å²) in [5.74, 6) is -0.0707. The molecule has 0 aliphatic carbocycles. The largest absolute Gasteiger partial charge is 0.395 e. The minimum absolute atomic E-state index is 0.0462. The molecule has 23 heavy (non-hydrogen) atoms. The lowest BCUT2D eigenvalue weighted by atomic mass is 10.1.